The fraction of sp³-hybridized carbons (Fsp3) is 0.467. The molecule has 0 spiro atoms. The Bertz CT molecular complexity index is 474. The number of hydrogen-bond donors (Lipinski definition) is 3. The Morgan fingerprint density at radius 1 is 1.19 bits per heavy atom. The molecule has 0 saturated heterocycles. The second-order valence-corrected chi connectivity index (χ2v) is 5.35. The minimum atomic E-state index is -0.914. The molecule has 5 nitrogen and oxygen atoms in total. The van der Waals surface area contributed by atoms with Gasteiger partial charge in [0.05, 0.1) is 5.92 Å². The van der Waals surface area contributed by atoms with E-state index in [2.05, 4.69) is 10.6 Å². The highest BCUT2D eigenvalue weighted by molar-refractivity contribution is 5.75. The first kappa shape index (κ1) is 16.9. The molecule has 1 rings (SSSR count). The van der Waals surface area contributed by atoms with Crippen molar-refractivity contribution in [1.29, 1.82) is 0 Å². The molecule has 0 bridgehead atoms. The molecule has 1 aromatic rings. The van der Waals surface area contributed by atoms with E-state index in [1.54, 1.807) is 12.1 Å². The van der Waals surface area contributed by atoms with Gasteiger partial charge in [-0.25, -0.2) is 9.18 Å². The maximum Gasteiger partial charge on any atom is 0.315 e. The zero-order valence-corrected chi connectivity index (χ0v) is 12.2. The van der Waals surface area contributed by atoms with Gasteiger partial charge in [0.2, 0.25) is 0 Å². The number of carbonyl (C=O) groups is 2. The second-order valence-electron chi connectivity index (χ2n) is 5.35. The van der Waals surface area contributed by atoms with E-state index < -0.39 is 17.9 Å². The zero-order valence-electron chi connectivity index (χ0n) is 12.2. The molecule has 0 aromatic heterocycles. The number of nitrogens with one attached hydrogen (secondary N) is 2. The van der Waals surface area contributed by atoms with Crippen LogP contribution in [0.3, 0.4) is 0 Å². The van der Waals surface area contributed by atoms with Gasteiger partial charge in [-0.2, -0.15) is 0 Å². The molecule has 6 heteroatoms. The van der Waals surface area contributed by atoms with Gasteiger partial charge in [0.15, 0.2) is 0 Å². The molecule has 0 aliphatic rings. The topological polar surface area (TPSA) is 78.4 Å². The van der Waals surface area contributed by atoms with Crippen molar-refractivity contribution in [2.24, 2.45) is 11.8 Å². The van der Waals surface area contributed by atoms with E-state index in [-0.39, 0.29) is 24.8 Å². The van der Waals surface area contributed by atoms with Gasteiger partial charge < -0.3 is 15.7 Å². The maximum absolute atomic E-state index is 12.7. The summed E-state index contributed by atoms with van der Waals surface area (Å²) >= 11 is 0. The van der Waals surface area contributed by atoms with Crippen molar-refractivity contribution < 1.29 is 19.1 Å². The van der Waals surface area contributed by atoms with Crippen molar-refractivity contribution >= 4 is 12.0 Å². The SMILES string of the molecule is CC(C)CC(CNC(=O)NCc1ccc(F)cc1)C(=O)O. The number of carboxylic acids is 1. The number of carbonyl (C=O) groups excluding carboxylic acids is 1. The first-order chi connectivity index (χ1) is 9.88. The summed E-state index contributed by atoms with van der Waals surface area (Å²) in [6.45, 7) is 4.21. The molecule has 0 aliphatic carbocycles. The average molecular weight is 296 g/mol. The fourth-order valence-corrected chi connectivity index (χ4v) is 1.90. The number of carboxylic acid groups (broad SMARTS) is 1. The molecule has 2 amide bonds. The molecule has 0 fully saturated rings. The van der Waals surface area contributed by atoms with Crippen LogP contribution in [0.2, 0.25) is 0 Å². The van der Waals surface area contributed by atoms with Gasteiger partial charge in [-0.1, -0.05) is 26.0 Å². The molecule has 0 heterocycles. The number of benzene rings is 1. The summed E-state index contributed by atoms with van der Waals surface area (Å²) < 4.78 is 12.7. The molecule has 1 atom stereocenters. The molecular formula is C15H21FN2O3. The van der Waals surface area contributed by atoms with Crippen molar-refractivity contribution in [2.75, 3.05) is 6.54 Å². The molecule has 1 unspecified atom stereocenters. The highest BCUT2D eigenvalue weighted by Gasteiger charge is 2.19. The summed E-state index contributed by atoms with van der Waals surface area (Å²) in [5, 5.41) is 14.2. The Balaban J connectivity index is 2.35. The summed E-state index contributed by atoms with van der Waals surface area (Å²) in [6, 6.07) is 5.35. The third kappa shape index (κ3) is 6.74. The fourth-order valence-electron chi connectivity index (χ4n) is 1.90. The Kier molecular flexibility index (Phi) is 6.65. The summed E-state index contributed by atoms with van der Waals surface area (Å²) in [6.07, 6.45) is 0.508. The van der Waals surface area contributed by atoms with E-state index in [1.165, 1.54) is 12.1 Å². The van der Waals surface area contributed by atoms with Crippen molar-refractivity contribution in [3.8, 4) is 0 Å². The van der Waals surface area contributed by atoms with Crippen molar-refractivity contribution in [1.82, 2.24) is 10.6 Å². The van der Waals surface area contributed by atoms with Gasteiger partial charge in [0.25, 0.3) is 0 Å². The van der Waals surface area contributed by atoms with Crippen LogP contribution in [0.4, 0.5) is 9.18 Å². The van der Waals surface area contributed by atoms with Crippen LogP contribution in [0.1, 0.15) is 25.8 Å². The third-order valence-corrected chi connectivity index (χ3v) is 2.98. The predicted octanol–water partition coefficient (Wildman–Crippen LogP) is 2.37. The van der Waals surface area contributed by atoms with Gasteiger partial charge in [-0.3, -0.25) is 4.79 Å². The lowest BCUT2D eigenvalue weighted by Gasteiger charge is -2.15. The van der Waals surface area contributed by atoms with Crippen molar-refractivity contribution in [3.05, 3.63) is 35.6 Å². The highest BCUT2D eigenvalue weighted by Crippen LogP contribution is 2.11. The monoisotopic (exact) mass is 296 g/mol. The Morgan fingerprint density at radius 3 is 2.33 bits per heavy atom. The van der Waals surface area contributed by atoms with Crippen LogP contribution in [0.5, 0.6) is 0 Å². The molecule has 21 heavy (non-hydrogen) atoms. The molecule has 3 N–H and O–H groups in total. The summed E-state index contributed by atoms with van der Waals surface area (Å²) in [5.41, 5.74) is 0.767. The van der Waals surface area contributed by atoms with Crippen LogP contribution < -0.4 is 10.6 Å². The lowest BCUT2D eigenvalue weighted by atomic mass is 9.97. The van der Waals surface area contributed by atoms with E-state index in [1.807, 2.05) is 13.8 Å². The molecule has 1 aromatic carbocycles. The van der Waals surface area contributed by atoms with Crippen molar-refractivity contribution in [3.63, 3.8) is 0 Å². The number of aliphatic carboxylic acids is 1. The van der Waals surface area contributed by atoms with E-state index >= 15 is 0 Å². The Morgan fingerprint density at radius 2 is 1.81 bits per heavy atom. The zero-order chi connectivity index (χ0) is 15.8. The third-order valence-electron chi connectivity index (χ3n) is 2.98. The maximum atomic E-state index is 12.7. The minimum Gasteiger partial charge on any atom is -0.481 e. The summed E-state index contributed by atoms with van der Waals surface area (Å²) in [5.74, 6) is -1.60. The number of hydrogen-bond acceptors (Lipinski definition) is 2. The Hall–Kier alpha value is -2.11. The lowest BCUT2D eigenvalue weighted by molar-refractivity contribution is -0.142. The average Bonchev–Trinajstić information content (AvgIpc) is 2.42. The van der Waals surface area contributed by atoms with Gasteiger partial charge in [0, 0.05) is 13.1 Å². The van der Waals surface area contributed by atoms with E-state index in [0.717, 1.165) is 5.56 Å². The van der Waals surface area contributed by atoms with Crippen molar-refractivity contribution in [2.45, 2.75) is 26.8 Å². The lowest BCUT2D eigenvalue weighted by Crippen LogP contribution is -2.39. The van der Waals surface area contributed by atoms with Gasteiger partial charge >= 0.3 is 12.0 Å². The highest BCUT2D eigenvalue weighted by atomic mass is 19.1. The largest absolute Gasteiger partial charge is 0.481 e. The first-order valence-electron chi connectivity index (χ1n) is 6.87. The molecule has 0 aliphatic heterocycles. The first-order valence-corrected chi connectivity index (χ1v) is 6.87. The van der Waals surface area contributed by atoms with Crippen LogP contribution in [0, 0.1) is 17.7 Å². The normalized spacial score (nSPS) is 12.0. The minimum absolute atomic E-state index is 0.0861. The van der Waals surface area contributed by atoms with Gasteiger partial charge in [-0.15, -0.1) is 0 Å². The number of rotatable bonds is 7. The smallest absolute Gasteiger partial charge is 0.315 e. The molecule has 116 valence electrons. The van der Waals surface area contributed by atoms with E-state index in [0.29, 0.717) is 6.42 Å². The number of amides is 2. The summed E-state index contributed by atoms with van der Waals surface area (Å²) in [4.78, 5) is 22.7. The van der Waals surface area contributed by atoms with Crippen LogP contribution >= 0.6 is 0 Å². The van der Waals surface area contributed by atoms with E-state index in [9.17, 15) is 14.0 Å². The molecule has 0 saturated carbocycles. The van der Waals surface area contributed by atoms with Gasteiger partial charge in [-0.05, 0) is 30.0 Å². The van der Waals surface area contributed by atoms with Crippen LogP contribution in [0.25, 0.3) is 0 Å². The summed E-state index contributed by atoms with van der Waals surface area (Å²) in [7, 11) is 0. The van der Waals surface area contributed by atoms with Gasteiger partial charge in [0.1, 0.15) is 5.82 Å². The standard InChI is InChI=1S/C15H21FN2O3/c1-10(2)7-12(14(19)20)9-18-15(21)17-8-11-3-5-13(16)6-4-11/h3-6,10,12H,7-9H2,1-2H3,(H,19,20)(H2,17,18,21). The van der Waals surface area contributed by atoms with Crippen LogP contribution in [0.15, 0.2) is 24.3 Å². The quantitative estimate of drug-likeness (QED) is 0.723. The molecule has 0 radical (unpaired) electrons. The second kappa shape index (κ2) is 8.24. The molecular weight excluding hydrogens is 275 g/mol. The van der Waals surface area contributed by atoms with Crippen LogP contribution in [-0.2, 0) is 11.3 Å². The number of urea groups is 1. The van der Waals surface area contributed by atoms with E-state index in [4.69, 9.17) is 5.11 Å². The van der Waals surface area contributed by atoms with Crippen LogP contribution in [-0.4, -0.2) is 23.7 Å². The Labute approximate surface area is 123 Å². The number of halogens is 1. The predicted molar refractivity (Wildman–Crippen MR) is 77.2 cm³/mol.